The van der Waals surface area contributed by atoms with Gasteiger partial charge < -0.3 is 10.6 Å². The first-order valence-corrected chi connectivity index (χ1v) is 8.42. The number of hydrogen-bond acceptors (Lipinski definition) is 5. The van der Waals surface area contributed by atoms with Crippen molar-refractivity contribution in [3.8, 4) is 0 Å². The van der Waals surface area contributed by atoms with Gasteiger partial charge in [-0.1, -0.05) is 13.8 Å². The molecule has 1 aromatic rings. The van der Waals surface area contributed by atoms with Crippen LogP contribution in [-0.2, 0) is 9.84 Å². The fourth-order valence-corrected chi connectivity index (χ4v) is 2.98. The first-order valence-electron chi connectivity index (χ1n) is 6.53. The van der Waals surface area contributed by atoms with E-state index in [2.05, 4.69) is 5.10 Å². The number of aromatic nitrogens is 2. The molecule has 0 fully saturated rings. The molecule has 0 aliphatic heterocycles. The Bertz CT molecular complexity index is 536. The van der Waals surface area contributed by atoms with Crippen LogP contribution in [0, 0.1) is 0 Å². The molecule has 0 aromatic carbocycles. The zero-order chi connectivity index (χ0) is 14.8. The molecule has 1 heterocycles. The molecular weight excluding hydrogens is 264 g/mol. The normalized spacial score (nSPS) is 13.5. The van der Waals surface area contributed by atoms with Gasteiger partial charge in [-0.3, -0.25) is 0 Å². The summed E-state index contributed by atoms with van der Waals surface area (Å²) >= 11 is 0. The van der Waals surface area contributed by atoms with Crippen LogP contribution in [0.2, 0.25) is 0 Å². The molecule has 1 aromatic heterocycles. The average Bonchev–Trinajstić information content (AvgIpc) is 2.66. The van der Waals surface area contributed by atoms with Crippen LogP contribution in [0.4, 0.5) is 11.6 Å². The third kappa shape index (κ3) is 3.20. The fraction of sp³-hybridized carbons (Fsp3) is 0.750. The summed E-state index contributed by atoms with van der Waals surface area (Å²) in [5, 5.41) is 4.40. The highest BCUT2D eigenvalue weighted by Crippen LogP contribution is 2.32. The number of nitrogens with zero attached hydrogens (tertiary/aromatic N) is 3. The van der Waals surface area contributed by atoms with E-state index in [9.17, 15) is 8.42 Å². The van der Waals surface area contributed by atoms with E-state index in [0.29, 0.717) is 5.82 Å². The minimum atomic E-state index is -3.40. The van der Waals surface area contributed by atoms with Gasteiger partial charge in [0.15, 0.2) is 20.6 Å². The maximum Gasteiger partial charge on any atom is 0.182 e. The van der Waals surface area contributed by atoms with Crippen molar-refractivity contribution in [3.63, 3.8) is 0 Å². The monoisotopic (exact) mass is 288 g/mol. The standard InChI is InChI=1S/C12H24N4O2S/c1-6-8-15(4)12-10(19(5,17)18)11(13)16(14-12)9(3)7-2/h9H,6-8,13H2,1-5H3. The second kappa shape index (κ2) is 5.81. The SMILES string of the molecule is CCCN(C)c1nn(C(C)CC)c(N)c1S(C)(=O)=O. The summed E-state index contributed by atoms with van der Waals surface area (Å²) < 4.78 is 25.5. The largest absolute Gasteiger partial charge is 0.383 e. The van der Waals surface area contributed by atoms with E-state index in [-0.39, 0.29) is 16.8 Å². The van der Waals surface area contributed by atoms with Crippen LogP contribution < -0.4 is 10.6 Å². The summed E-state index contributed by atoms with van der Waals surface area (Å²) in [6, 6.07) is 0.0734. The van der Waals surface area contributed by atoms with Crippen LogP contribution in [0.25, 0.3) is 0 Å². The van der Waals surface area contributed by atoms with E-state index in [4.69, 9.17) is 5.73 Å². The lowest BCUT2D eigenvalue weighted by molar-refractivity contribution is 0.484. The highest BCUT2D eigenvalue weighted by molar-refractivity contribution is 7.91. The minimum Gasteiger partial charge on any atom is -0.383 e. The highest BCUT2D eigenvalue weighted by Gasteiger charge is 2.27. The van der Waals surface area contributed by atoms with Crippen molar-refractivity contribution < 1.29 is 8.42 Å². The Kier molecular flexibility index (Phi) is 4.84. The Labute approximate surface area is 115 Å². The lowest BCUT2D eigenvalue weighted by Gasteiger charge is -2.16. The Balaban J connectivity index is 3.45. The predicted molar refractivity (Wildman–Crippen MR) is 78.3 cm³/mol. The van der Waals surface area contributed by atoms with E-state index in [1.54, 1.807) is 4.68 Å². The van der Waals surface area contributed by atoms with Gasteiger partial charge in [0.05, 0.1) is 6.04 Å². The van der Waals surface area contributed by atoms with Crippen molar-refractivity contribution in [1.29, 1.82) is 0 Å². The van der Waals surface area contributed by atoms with Gasteiger partial charge in [0.2, 0.25) is 0 Å². The molecule has 0 aliphatic rings. The van der Waals surface area contributed by atoms with Gasteiger partial charge >= 0.3 is 0 Å². The lowest BCUT2D eigenvalue weighted by Crippen LogP contribution is -2.20. The number of sulfone groups is 1. The third-order valence-electron chi connectivity index (χ3n) is 3.18. The molecule has 1 atom stereocenters. The van der Waals surface area contributed by atoms with Gasteiger partial charge in [0, 0.05) is 19.8 Å². The fourth-order valence-electron chi connectivity index (χ4n) is 1.98. The van der Waals surface area contributed by atoms with E-state index in [0.717, 1.165) is 19.4 Å². The average molecular weight is 288 g/mol. The predicted octanol–water partition coefficient (Wildman–Crippen LogP) is 1.69. The topological polar surface area (TPSA) is 81.2 Å². The summed E-state index contributed by atoms with van der Waals surface area (Å²) in [6.45, 7) is 6.76. The van der Waals surface area contributed by atoms with Gasteiger partial charge in [-0.15, -0.1) is 0 Å². The number of nitrogens with two attached hydrogens (primary N) is 1. The van der Waals surface area contributed by atoms with E-state index < -0.39 is 9.84 Å². The first-order chi connectivity index (χ1) is 8.73. The maximum atomic E-state index is 11.9. The van der Waals surface area contributed by atoms with Crippen LogP contribution in [0.5, 0.6) is 0 Å². The Morgan fingerprint density at radius 2 is 2.00 bits per heavy atom. The van der Waals surface area contributed by atoms with E-state index in [1.165, 1.54) is 6.26 Å². The van der Waals surface area contributed by atoms with Crippen molar-refractivity contribution in [3.05, 3.63) is 0 Å². The van der Waals surface area contributed by atoms with Gasteiger partial charge in [-0.25, -0.2) is 13.1 Å². The van der Waals surface area contributed by atoms with E-state index in [1.807, 2.05) is 32.7 Å². The van der Waals surface area contributed by atoms with E-state index >= 15 is 0 Å². The molecule has 0 amide bonds. The van der Waals surface area contributed by atoms with Crippen LogP contribution in [0.1, 0.15) is 39.7 Å². The van der Waals surface area contributed by atoms with Crippen molar-refractivity contribution in [2.45, 2.75) is 44.6 Å². The van der Waals surface area contributed by atoms with Gasteiger partial charge in [-0.05, 0) is 19.8 Å². The molecule has 2 N–H and O–H groups in total. The molecule has 0 saturated carbocycles. The molecule has 0 saturated heterocycles. The Hall–Kier alpha value is -1.24. The molecule has 0 spiro atoms. The molecule has 0 bridgehead atoms. The molecule has 1 unspecified atom stereocenters. The number of rotatable bonds is 6. The Morgan fingerprint density at radius 1 is 1.42 bits per heavy atom. The van der Waals surface area contributed by atoms with Crippen LogP contribution in [0.3, 0.4) is 0 Å². The molecule has 19 heavy (non-hydrogen) atoms. The molecule has 0 aliphatic carbocycles. The lowest BCUT2D eigenvalue weighted by atomic mass is 10.3. The third-order valence-corrected chi connectivity index (χ3v) is 4.32. The molecule has 0 radical (unpaired) electrons. The van der Waals surface area contributed by atoms with Crippen LogP contribution in [-0.4, -0.2) is 38.0 Å². The zero-order valence-corrected chi connectivity index (χ0v) is 13.2. The second-order valence-corrected chi connectivity index (χ2v) is 6.89. The second-order valence-electron chi connectivity index (χ2n) is 4.93. The van der Waals surface area contributed by atoms with Crippen molar-refractivity contribution in [1.82, 2.24) is 9.78 Å². The summed E-state index contributed by atoms with van der Waals surface area (Å²) in [4.78, 5) is 1.98. The van der Waals surface area contributed by atoms with Gasteiger partial charge in [-0.2, -0.15) is 5.10 Å². The smallest absolute Gasteiger partial charge is 0.182 e. The summed E-state index contributed by atoms with van der Waals surface area (Å²) in [5.41, 5.74) is 6.00. The van der Waals surface area contributed by atoms with Crippen molar-refractivity contribution in [2.75, 3.05) is 30.5 Å². The van der Waals surface area contributed by atoms with Crippen LogP contribution in [0.15, 0.2) is 4.90 Å². The molecular formula is C12H24N4O2S. The summed E-state index contributed by atoms with van der Waals surface area (Å²) in [6.07, 6.45) is 2.92. The summed E-state index contributed by atoms with van der Waals surface area (Å²) in [5.74, 6) is 0.678. The van der Waals surface area contributed by atoms with Gasteiger partial charge in [0.25, 0.3) is 0 Å². The zero-order valence-electron chi connectivity index (χ0n) is 12.3. The van der Waals surface area contributed by atoms with Gasteiger partial charge in [0.1, 0.15) is 5.82 Å². The quantitative estimate of drug-likeness (QED) is 0.861. The first kappa shape index (κ1) is 15.8. The molecule has 7 heteroatoms. The highest BCUT2D eigenvalue weighted by atomic mass is 32.2. The van der Waals surface area contributed by atoms with Crippen molar-refractivity contribution in [2.24, 2.45) is 0 Å². The number of nitrogen functional groups attached to an aromatic ring is 1. The molecule has 1 rings (SSSR count). The molecule has 110 valence electrons. The number of hydrogen-bond donors (Lipinski definition) is 1. The maximum absolute atomic E-state index is 11.9. The van der Waals surface area contributed by atoms with Crippen LogP contribution >= 0.6 is 0 Å². The molecule has 6 nitrogen and oxygen atoms in total. The number of anilines is 2. The minimum absolute atomic E-state index is 0.0734. The van der Waals surface area contributed by atoms with Crippen molar-refractivity contribution >= 4 is 21.5 Å². The Morgan fingerprint density at radius 3 is 2.42 bits per heavy atom. The summed E-state index contributed by atoms with van der Waals surface area (Å²) in [7, 11) is -1.56.